The Morgan fingerprint density at radius 2 is 1.47 bits per heavy atom. The van der Waals surface area contributed by atoms with Gasteiger partial charge in [0.25, 0.3) is 5.91 Å². The Hall–Kier alpha value is -4.96. The summed E-state index contributed by atoms with van der Waals surface area (Å²) in [5, 5.41) is 39.8. The van der Waals surface area contributed by atoms with E-state index in [1.54, 1.807) is 76.2 Å². The maximum Gasteiger partial charge on any atom is 0.338 e. The van der Waals surface area contributed by atoms with Gasteiger partial charge in [0, 0.05) is 37.7 Å². The highest BCUT2D eigenvalue weighted by Crippen LogP contribution is 2.64. The van der Waals surface area contributed by atoms with E-state index in [0.717, 1.165) is 13.8 Å². The van der Waals surface area contributed by atoms with E-state index in [9.17, 15) is 39.3 Å². The quantitative estimate of drug-likeness (QED) is 0.154. The maximum atomic E-state index is 15.4. The molecule has 2 aromatic carbocycles. The standard InChI is InChI=1S/C44H53NO14/c1-22(2)32(45-38(51)26-15-11-9-12-16-26)33(49)40(53)57-28-20-44(54)37(58-39(52)27-17-13-10-14-18-27)35-42(8,29(48)19-30-43(35,21-55-30)59-25(5)47)36(50)34(56-24(4)46)31(23(28)3)41(44,6)7/h9-18,22,28-30,32-35,37,48-49,54H,19-21H2,1-8H3,(H,45,51)/t28-,29-,30+,32-,33+,34+,35-,37-,42+,43-,44+/m0/s1. The molecule has 1 saturated heterocycles. The number of hydrogen-bond donors (Lipinski definition) is 4. The van der Waals surface area contributed by atoms with Crippen molar-refractivity contribution in [3.8, 4) is 0 Å². The number of ketones is 1. The molecule has 1 heterocycles. The molecule has 15 nitrogen and oxygen atoms in total. The van der Waals surface area contributed by atoms with Gasteiger partial charge < -0.3 is 44.3 Å². The van der Waals surface area contributed by atoms with E-state index in [1.807, 2.05) is 0 Å². The first-order valence-electron chi connectivity index (χ1n) is 19.8. The summed E-state index contributed by atoms with van der Waals surface area (Å²) in [5.74, 6) is -7.18. The first-order chi connectivity index (χ1) is 27.6. The monoisotopic (exact) mass is 819 g/mol. The fourth-order valence-electron chi connectivity index (χ4n) is 9.81. The molecule has 4 aliphatic rings. The number of rotatable bonds is 10. The molecule has 1 aliphatic heterocycles. The lowest BCUT2D eigenvalue weighted by molar-refractivity contribution is -0.346. The van der Waals surface area contributed by atoms with Gasteiger partial charge in [-0.3, -0.25) is 19.2 Å². The van der Waals surface area contributed by atoms with Crippen LogP contribution in [0.2, 0.25) is 0 Å². The third kappa shape index (κ3) is 7.25. The largest absolute Gasteiger partial charge is 0.456 e. The van der Waals surface area contributed by atoms with E-state index in [0.29, 0.717) is 5.56 Å². The van der Waals surface area contributed by atoms with Gasteiger partial charge in [-0.25, -0.2) is 9.59 Å². The Kier molecular flexibility index (Phi) is 11.8. The number of nitrogens with one attached hydrogen (secondary N) is 1. The molecule has 1 amide bonds. The van der Waals surface area contributed by atoms with E-state index in [2.05, 4.69) is 5.32 Å². The molecular formula is C44H53NO14. The third-order valence-corrected chi connectivity index (χ3v) is 13.1. The lowest BCUT2D eigenvalue weighted by Gasteiger charge is -2.67. The predicted octanol–water partition coefficient (Wildman–Crippen LogP) is 3.02. The van der Waals surface area contributed by atoms with Crippen LogP contribution in [0, 0.1) is 22.7 Å². The number of aliphatic hydroxyl groups is 3. The highest BCUT2D eigenvalue weighted by atomic mass is 16.6. The minimum Gasteiger partial charge on any atom is -0.456 e. The molecular weight excluding hydrogens is 766 g/mol. The minimum absolute atomic E-state index is 0.0117. The van der Waals surface area contributed by atoms with Crippen molar-refractivity contribution in [1.29, 1.82) is 0 Å². The van der Waals surface area contributed by atoms with Gasteiger partial charge in [0.05, 0.1) is 35.6 Å². The summed E-state index contributed by atoms with van der Waals surface area (Å²) < 4.78 is 30.1. The van der Waals surface area contributed by atoms with E-state index >= 15 is 4.79 Å². The third-order valence-electron chi connectivity index (χ3n) is 13.1. The number of esters is 4. The molecule has 0 aromatic heterocycles. The number of ether oxygens (including phenoxy) is 5. The van der Waals surface area contributed by atoms with Crippen LogP contribution in [-0.2, 0) is 42.9 Å². The van der Waals surface area contributed by atoms with Gasteiger partial charge in [0.2, 0.25) is 0 Å². The van der Waals surface area contributed by atoms with Gasteiger partial charge >= 0.3 is 23.9 Å². The Bertz CT molecular complexity index is 2030. The molecule has 11 atom stereocenters. The molecule has 59 heavy (non-hydrogen) atoms. The highest BCUT2D eigenvalue weighted by Gasteiger charge is 2.78. The smallest absolute Gasteiger partial charge is 0.338 e. The van der Waals surface area contributed by atoms with Crippen molar-refractivity contribution in [2.24, 2.45) is 22.7 Å². The van der Waals surface area contributed by atoms with Crippen molar-refractivity contribution in [2.75, 3.05) is 6.61 Å². The Balaban J connectivity index is 1.53. The summed E-state index contributed by atoms with van der Waals surface area (Å²) in [6.07, 6.45) is -10.3. The summed E-state index contributed by atoms with van der Waals surface area (Å²) in [7, 11) is 0. The molecule has 3 aliphatic carbocycles. The van der Waals surface area contributed by atoms with Crippen LogP contribution < -0.4 is 5.32 Å². The Labute approximate surface area is 342 Å². The SMILES string of the molecule is CC(=O)O[C@H]1C(=O)[C@@]2(C)[C@H]([C@H](OC(=O)c3ccccc3)[C@]3(O)C[C@H](OC(=O)[C@H](O)[C@@H](NC(=O)c4ccccc4)C(C)C)C(C)=C1C3(C)C)[C@]1(OC(C)=O)CO[C@@H]1C[C@@H]2O. The average Bonchev–Trinajstić information content (AvgIpc) is 3.17. The van der Waals surface area contributed by atoms with Gasteiger partial charge in [0.15, 0.2) is 23.6 Å². The average molecular weight is 820 g/mol. The van der Waals surface area contributed by atoms with Crippen molar-refractivity contribution in [3.05, 3.63) is 82.9 Å². The summed E-state index contributed by atoms with van der Waals surface area (Å²) in [6, 6.07) is 14.9. The molecule has 2 saturated carbocycles. The Morgan fingerprint density at radius 3 is 2.00 bits per heavy atom. The number of benzene rings is 2. The molecule has 2 aromatic rings. The van der Waals surface area contributed by atoms with Gasteiger partial charge in [0.1, 0.15) is 23.9 Å². The van der Waals surface area contributed by atoms with Crippen LogP contribution in [0.3, 0.4) is 0 Å². The van der Waals surface area contributed by atoms with Gasteiger partial charge in [-0.05, 0) is 55.2 Å². The highest BCUT2D eigenvalue weighted by molar-refractivity contribution is 5.96. The molecule has 4 N–H and O–H groups in total. The number of Topliss-reactive ketones (excluding diaryl/α,β-unsaturated/α-hetero) is 1. The second kappa shape index (κ2) is 15.9. The zero-order valence-electron chi connectivity index (χ0n) is 34.4. The molecule has 0 spiro atoms. The molecule has 3 fully saturated rings. The van der Waals surface area contributed by atoms with Crippen LogP contribution in [0.4, 0.5) is 0 Å². The van der Waals surface area contributed by atoms with Gasteiger partial charge in [-0.1, -0.05) is 64.1 Å². The summed E-state index contributed by atoms with van der Waals surface area (Å²) in [5.41, 5.74) is -7.23. The van der Waals surface area contributed by atoms with Crippen LogP contribution in [0.25, 0.3) is 0 Å². The number of carbonyl (C=O) groups excluding carboxylic acids is 6. The van der Waals surface area contributed by atoms with E-state index in [1.165, 1.54) is 26.0 Å². The van der Waals surface area contributed by atoms with Gasteiger partial charge in [-0.15, -0.1) is 0 Å². The molecule has 0 radical (unpaired) electrons. The van der Waals surface area contributed by atoms with Crippen molar-refractivity contribution < 1.29 is 67.8 Å². The molecule has 2 bridgehead atoms. The number of amides is 1. The zero-order chi connectivity index (χ0) is 43.4. The van der Waals surface area contributed by atoms with Crippen molar-refractivity contribution in [1.82, 2.24) is 5.32 Å². The molecule has 318 valence electrons. The van der Waals surface area contributed by atoms with Crippen LogP contribution in [-0.4, -0.2) is 111 Å². The lowest BCUT2D eigenvalue weighted by atomic mass is 9.44. The molecule has 6 rings (SSSR count). The zero-order valence-corrected chi connectivity index (χ0v) is 34.4. The molecule has 0 unspecified atom stereocenters. The first kappa shape index (κ1) is 43.6. The summed E-state index contributed by atoms with van der Waals surface area (Å²) in [6.45, 7) is 11.4. The second-order valence-electron chi connectivity index (χ2n) is 17.2. The van der Waals surface area contributed by atoms with Crippen molar-refractivity contribution in [2.45, 2.75) is 122 Å². The predicted molar refractivity (Wildman–Crippen MR) is 207 cm³/mol. The number of aliphatic hydroxyl groups excluding tert-OH is 2. The second-order valence-corrected chi connectivity index (χ2v) is 17.2. The first-order valence-corrected chi connectivity index (χ1v) is 19.8. The van der Waals surface area contributed by atoms with Crippen LogP contribution in [0.15, 0.2) is 71.8 Å². The van der Waals surface area contributed by atoms with Crippen LogP contribution in [0.5, 0.6) is 0 Å². The fourth-order valence-corrected chi connectivity index (χ4v) is 9.81. The normalized spacial score (nSPS) is 33.1. The lowest BCUT2D eigenvalue weighted by Crippen LogP contribution is -2.82. The topological polar surface area (TPSA) is 221 Å². The van der Waals surface area contributed by atoms with Crippen LogP contribution in [0.1, 0.15) is 88.9 Å². The van der Waals surface area contributed by atoms with Crippen molar-refractivity contribution in [3.63, 3.8) is 0 Å². The number of carbonyl (C=O) groups is 6. The Morgan fingerprint density at radius 1 is 0.881 bits per heavy atom. The summed E-state index contributed by atoms with van der Waals surface area (Å²) >= 11 is 0. The number of hydrogen-bond acceptors (Lipinski definition) is 14. The van der Waals surface area contributed by atoms with E-state index < -0.39 is 119 Å². The fraction of sp³-hybridized carbons (Fsp3) is 0.545. The van der Waals surface area contributed by atoms with Gasteiger partial charge in [-0.2, -0.15) is 0 Å². The maximum absolute atomic E-state index is 15.4. The van der Waals surface area contributed by atoms with E-state index in [-0.39, 0.29) is 29.7 Å². The number of fused-ring (bicyclic) bond motifs is 5. The van der Waals surface area contributed by atoms with E-state index in [4.69, 9.17) is 23.7 Å². The summed E-state index contributed by atoms with van der Waals surface area (Å²) in [4.78, 5) is 82.6. The molecule has 15 heteroatoms. The van der Waals surface area contributed by atoms with Crippen molar-refractivity contribution >= 4 is 35.6 Å². The van der Waals surface area contributed by atoms with Crippen LogP contribution >= 0.6 is 0 Å². The minimum atomic E-state index is -2.36.